The molecule has 1 aliphatic heterocycles. The van der Waals surface area contributed by atoms with Crippen LogP contribution in [-0.2, 0) is 123 Å². The lowest BCUT2D eigenvalue weighted by molar-refractivity contribution is -0.197. The number of anilines is 2. The van der Waals surface area contributed by atoms with E-state index < -0.39 is 89.5 Å². The Bertz CT molecular complexity index is 3180. The highest BCUT2D eigenvalue weighted by Gasteiger charge is 2.34. The fourth-order valence-electron chi connectivity index (χ4n) is 9.98. The van der Waals surface area contributed by atoms with Crippen LogP contribution in [0.1, 0.15) is 137 Å². The Morgan fingerprint density at radius 3 is 1.17 bits per heavy atom. The number of benzene rings is 2. The Morgan fingerprint density at radius 2 is 0.811 bits per heavy atom. The lowest BCUT2D eigenvalue weighted by Gasteiger charge is -2.25. The van der Waals surface area contributed by atoms with Gasteiger partial charge in [-0.15, -0.1) is 5.06 Å². The molecule has 2 aromatic carbocycles. The summed E-state index contributed by atoms with van der Waals surface area (Å²) in [6.07, 6.45) is 0.645. The fraction of sp³-hybridized carbons (Fsp3) is 0.649. The zero-order valence-electron chi connectivity index (χ0n) is 65.0. The van der Waals surface area contributed by atoms with E-state index in [4.69, 9.17) is 63.7 Å². The fourth-order valence-corrected chi connectivity index (χ4v) is 9.98. The number of rotatable bonds is 61. The Morgan fingerprint density at radius 1 is 0.441 bits per heavy atom. The molecule has 2 aromatic rings. The number of hydroxylamine groups is 2. The SMILES string of the molecule is CCC(=O)OCc1ccc(NC(=O)C(CCCNC(N)=O)NC(=O)[C@@H](NC(=O)CCOCCOCCOCCOCCN(CCOCCOCCOCCOCCC(=O)N[C@H](C(=O)N[C@@H](CCCNC(N)=O)C(=O)Nc2ccc(COC(=O)C(C)C)cc2)C(C)C)C(=O)CCCC(=O)ON2C(=O)CCC2=O)C(C)C)cc1. The van der Waals surface area contributed by atoms with E-state index in [9.17, 15) is 67.1 Å². The van der Waals surface area contributed by atoms with E-state index in [0.29, 0.717) is 40.4 Å². The number of urea groups is 2. The minimum Gasteiger partial charge on any atom is -0.461 e. The number of imide groups is 1. The molecule has 0 bridgehead atoms. The second kappa shape index (κ2) is 56.7. The van der Waals surface area contributed by atoms with Crippen LogP contribution in [0.4, 0.5) is 21.0 Å². The number of primary amides is 2. The summed E-state index contributed by atoms with van der Waals surface area (Å²) in [5.74, 6) is -7.23. The number of nitrogens with two attached hydrogens (primary N) is 2. The Hall–Kier alpha value is -9.50. The summed E-state index contributed by atoms with van der Waals surface area (Å²) in [5.41, 5.74) is 12.6. The molecule has 1 aliphatic rings. The number of amides is 13. The molecule has 1 unspecified atom stereocenters. The smallest absolute Gasteiger partial charge is 0.333 e. The van der Waals surface area contributed by atoms with E-state index in [0.717, 1.165) is 0 Å². The first-order chi connectivity index (χ1) is 53.2. The highest BCUT2D eigenvalue weighted by Crippen LogP contribution is 2.18. The average molecular weight is 1570 g/mol. The monoisotopic (exact) mass is 1570 g/mol. The molecule has 37 heteroatoms. The van der Waals surface area contributed by atoms with Crippen LogP contribution < -0.4 is 54.0 Å². The molecular weight excluding hydrogens is 1460 g/mol. The summed E-state index contributed by atoms with van der Waals surface area (Å²) >= 11 is 0. The van der Waals surface area contributed by atoms with Gasteiger partial charge in [0, 0.05) is 82.5 Å². The molecule has 622 valence electrons. The van der Waals surface area contributed by atoms with Crippen LogP contribution in [0, 0.1) is 17.8 Å². The minimum atomic E-state index is -1.05. The van der Waals surface area contributed by atoms with Crippen LogP contribution in [-0.4, -0.2) is 249 Å². The molecule has 111 heavy (non-hydrogen) atoms. The standard InChI is InChI=1S/C74H116N12O25/c1-8-64(92)109-48-53-16-20-55(21-17-53)79-68(94)57(12-10-28-77-73(75)99)81-70(96)66(50(2)3)83-59(87)26-32-101-36-40-105-44-46-107-42-38-103-34-30-85(61(89)14-9-15-65(93)111-86-62(90)24-25-63(86)91)31-35-104-39-43-108-47-45-106-41-37-102-33-27-60(88)84-67(51(4)5)71(97)82-58(13-11-29-78-74(76)100)69(95)80-56-22-18-54(19-23-56)49-110-72(98)52(6)7/h16-23,50-52,57-58,66-67H,8-15,24-49H2,1-7H3,(H,79,94)(H,80,95)(H,81,96)(H,82,97)(H,83,87)(H,84,88)(H3,75,77,99)(H3,76,78,100)/t57?,58-,66-,67-/m0/s1. The first kappa shape index (κ1) is 95.7. The number of nitrogens with one attached hydrogen (secondary N) is 8. The third kappa shape index (κ3) is 43.6. The molecule has 0 spiro atoms. The van der Waals surface area contributed by atoms with E-state index >= 15 is 0 Å². The van der Waals surface area contributed by atoms with Crippen LogP contribution in [0.3, 0.4) is 0 Å². The van der Waals surface area contributed by atoms with Gasteiger partial charge in [0.05, 0.1) is 112 Å². The molecule has 1 fully saturated rings. The number of ether oxygens (including phenoxy) is 10. The van der Waals surface area contributed by atoms with E-state index in [2.05, 4.69) is 42.5 Å². The van der Waals surface area contributed by atoms with Gasteiger partial charge < -0.3 is 111 Å². The van der Waals surface area contributed by atoms with Gasteiger partial charge in [0.2, 0.25) is 41.4 Å². The normalized spacial score (nSPS) is 13.0. The van der Waals surface area contributed by atoms with Crippen LogP contribution in [0.15, 0.2) is 48.5 Å². The lowest BCUT2D eigenvalue weighted by Crippen LogP contribution is -2.54. The predicted molar refractivity (Wildman–Crippen MR) is 399 cm³/mol. The van der Waals surface area contributed by atoms with Crippen molar-refractivity contribution >= 4 is 94.5 Å². The maximum atomic E-state index is 13.6. The van der Waals surface area contributed by atoms with Crippen LogP contribution in [0.5, 0.6) is 0 Å². The van der Waals surface area contributed by atoms with Crippen molar-refractivity contribution in [3.63, 3.8) is 0 Å². The first-order valence-corrected chi connectivity index (χ1v) is 37.5. The predicted octanol–water partition coefficient (Wildman–Crippen LogP) is 2.08. The quantitative estimate of drug-likeness (QED) is 0.0257. The summed E-state index contributed by atoms with van der Waals surface area (Å²) in [5, 5.41) is 21.9. The van der Waals surface area contributed by atoms with E-state index in [1.54, 1.807) is 97.0 Å². The number of esters is 2. The number of hydrogen-bond acceptors (Lipinski definition) is 25. The van der Waals surface area contributed by atoms with Gasteiger partial charge in [0.25, 0.3) is 11.8 Å². The topological polar surface area (TPSA) is 495 Å². The van der Waals surface area contributed by atoms with Gasteiger partial charge in [-0.1, -0.05) is 72.7 Å². The highest BCUT2D eigenvalue weighted by molar-refractivity contribution is 6.02. The molecule has 4 atom stereocenters. The minimum absolute atomic E-state index is 0.0291. The van der Waals surface area contributed by atoms with Crippen molar-refractivity contribution in [2.45, 2.75) is 163 Å². The zero-order chi connectivity index (χ0) is 81.7. The molecule has 1 saturated heterocycles. The van der Waals surface area contributed by atoms with Gasteiger partial charge in [0.15, 0.2) is 0 Å². The summed E-state index contributed by atoms with van der Waals surface area (Å²) in [7, 11) is 0. The van der Waals surface area contributed by atoms with Gasteiger partial charge in [-0.3, -0.25) is 52.7 Å². The molecule has 1 heterocycles. The largest absolute Gasteiger partial charge is 0.461 e. The molecule has 0 aromatic heterocycles. The van der Waals surface area contributed by atoms with Crippen molar-refractivity contribution in [3.05, 3.63) is 59.7 Å². The third-order valence-electron chi connectivity index (χ3n) is 16.2. The van der Waals surface area contributed by atoms with Crippen LogP contribution >= 0.6 is 0 Å². The summed E-state index contributed by atoms with van der Waals surface area (Å²) < 4.78 is 55.4. The van der Waals surface area contributed by atoms with Gasteiger partial charge in [0.1, 0.15) is 37.4 Å². The van der Waals surface area contributed by atoms with Crippen molar-refractivity contribution in [2.24, 2.45) is 29.2 Å². The van der Waals surface area contributed by atoms with E-state index in [1.165, 1.54) is 4.90 Å². The summed E-state index contributed by atoms with van der Waals surface area (Å²) in [6.45, 7) is 15.7. The Kier molecular flexibility index (Phi) is 48.9. The van der Waals surface area contributed by atoms with Crippen molar-refractivity contribution in [2.75, 3.05) is 143 Å². The molecular formula is C74H116N12O25. The van der Waals surface area contributed by atoms with Crippen molar-refractivity contribution < 1.29 is 119 Å². The summed E-state index contributed by atoms with van der Waals surface area (Å²) in [6, 6.07) is 7.70. The number of nitrogens with zero attached hydrogens (tertiary/aromatic N) is 2. The second-order valence-electron chi connectivity index (χ2n) is 26.4. The van der Waals surface area contributed by atoms with Gasteiger partial charge in [-0.25, -0.2) is 14.4 Å². The number of carbonyl (C=O) groups excluding carboxylic acids is 14. The number of carbonyl (C=O) groups is 14. The maximum absolute atomic E-state index is 13.6. The van der Waals surface area contributed by atoms with E-state index in [-0.39, 0.29) is 245 Å². The van der Waals surface area contributed by atoms with Gasteiger partial charge >= 0.3 is 30.0 Å². The molecule has 0 radical (unpaired) electrons. The Labute approximate surface area is 647 Å². The molecule has 0 aliphatic carbocycles. The molecule has 0 saturated carbocycles. The average Bonchev–Trinajstić information content (AvgIpc) is 1.69. The maximum Gasteiger partial charge on any atom is 0.333 e. The molecule has 12 N–H and O–H groups in total. The van der Waals surface area contributed by atoms with Gasteiger partial charge in [-0.05, 0) is 79.3 Å². The van der Waals surface area contributed by atoms with E-state index in [1.807, 2.05) is 0 Å². The van der Waals surface area contributed by atoms with Crippen molar-refractivity contribution in [1.29, 1.82) is 0 Å². The van der Waals surface area contributed by atoms with Gasteiger partial charge in [-0.2, -0.15) is 0 Å². The van der Waals surface area contributed by atoms with Crippen LogP contribution in [0.2, 0.25) is 0 Å². The summed E-state index contributed by atoms with van der Waals surface area (Å²) in [4.78, 5) is 182. The second-order valence-corrected chi connectivity index (χ2v) is 26.4. The first-order valence-electron chi connectivity index (χ1n) is 37.5. The Balaban J connectivity index is 1.32. The van der Waals surface area contributed by atoms with Crippen molar-refractivity contribution in [1.82, 2.24) is 41.9 Å². The lowest BCUT2D eigenvalue weighted by atomic mass is 10.0. The zero-order valence-corrected chi connectivity index (χ0v) is 65.0. The number of hydrogen-bond donors (Lipinski definition) is 10. The molecule has 3 rings (SSSR count). The highest BCUT2D eigenvalue weighted by atomic mass is 16.7. The molecule has 37 nitrogen and oxygen atoms in total. The van der Waals surface area contributed by atoms with Crippen molar-refractivity contribution in [3.8, 4) is 0 Å². The molecule has 13 amide bonds. The van der Waals surface area contributed by atoms with Crippen LogP contribution in [0.25, 0.3) is 0 Å². The third-order valence-corrected chi connectivity index (χ3v) is 16.2.